The maximum atomic E-state index is 12.3. The summed E-state index contributed by atoms with van der Waals surface area (Å²) >= 11 is 0. The smallest absolute Gasteiger partial charge is 0.325 e. The molecular weight excluding hydrogens is 218 g/mol. The van der Waals surface area contributed by atoms with Crippen LogP contribution in [0.2, 0.25) is 0 Å². The molecular formula is C12H23N3O2. The molecule has 1 saturated heterocycles. The zero-order chi connectivity index (χ0) is 13.3. The number of nitrogens with two attached hydrogens (primary N) is 1. The normalized spacial score (nSPS) is 25.4. The molecule has 0 saturated carbocycles. The summed E-state index contributed by atoms with van der Waals surface area (Å²) in [4.78, 5) is 25.4. The number of nitrogens with zero attached hydrogens (tertiary/aromatic N) is 1. The first-order valence-corrected chi connectivity index (χ1v) is 6.08. The molecule has 0 radical (unpaired) electrons. The average molecular weight is 241 g/mol. The third-order valence-corrected chi connectivity index (χ3v) is 3.61. The van der Waals surface area contributed by atoms with E-state index in [4.69, 9.17) is 5.73 Å². The topological polar surface area (TPSA) is 75.4 Å². The van der Waals surface area contributed by atoms with Gasteiger partial charge in [0.15, 0.2) is 0 Å². The zero-order valence-corrected chi connectivity index (χ0v) is 11.2. The van der Waals surface area contributed by atoms with E-state index in [1.165, 1.54) is 4.90 Å². The summed E-state index contributed by atoms with van der Waals surface area (Å²) in [6, 6.07) is -0.288. The van der Waals surface area contributed by atoms with E-state index >= 15 is 0 Å². The van der Waals surface area contributed by atoms with Gasteiger partial charge in [0.25, 0.3) is 5.91 Å². The number of carbonyl (C=O) groups is 2. The molecule has 5 nitrogen and oxygen atoms in total. The van der Waals surface area contributed by atoms with Gasteiger partial charge < -0.3 is 11.1 Å². The minimum Gasteiger partial charge on any atom is -0.330 e. The van der Waals surface area contributed by atoms with Crippen molar-refractivity contribution in [1.82, 2.24) is 10.2 Å². The quantitative estimate of drug-likeness (QED) is 0.571. The summed E-state index contributed by atoms with van der Waals surface area (Å²) in [5, 5.41) is 2.80. The summed E-state index contributed by atoms with van der Waals surface area (Å²) in [5.41, 5.74) is 4.29. The lowest BCUT2D eigenvalue weighted by Gasteiger charge is -2.35. The highest BCUT2D eigenvalue weighted by molar-refractivity contribution is 6.07. The Bertz CT molecular complexity index is 322. The van der Waals surface area contributed by atoms with Gasteiger partial charge in [-0.1, -0.05) is 20.8 Å². The summed E-state index contributed by atoms with van der Waals surface area (Å²) in [6.45, 7) is 8.68. The van der Waals surface area contributed by atoms with E-state index in [1.807, 2.05) is 20.8 Å². The number of imide groups is 1. The molecule has 1 rings (SSSR count). The Morgan fingerprint density at radius 2 is 1.88 bits per heavy atom. The minimum atomic E-state index is -0.813. The molecule has 0 bridgehead atoms. The molecule has 5 heteroatoms. The van der Waals surface area contributed by atoms with Crippen LogP contribution in [0.4, 0.5) is 4.79 Å². The third-order valence-electron chi connectivity index (χ3n) is 3.61. The SMILES string of the molecule is CC(C)(C)C1(C)NC(=O)N(CCCCN)C1=O. The van der Waals surface area contributed by atoms with Crippen LogP contribution in [0, 0.1) is 5.41 Å². The molecule has 0 spiro atoms. The van der Waals surface area contributed by atoms with Gasteiger partial charge in [0.1, 0.15) is 5.54 Å². The maximum Gasteiger partial charge on any atom is 0.325 e. The number of hydrogen-bond acceptors (Lipinski definition) is 3. The van der Waals surface area contributed by atoms with Gasteiger partial charge in [-0.2, -0.15) is 0 Å². The first kappa shape index (κ1) is 14.0. The Labute approximate surface area is 103 Å². The molecule has 1 aliphatic heterocycles. The number of carbonyl (C=O) groups excluding carboxylic acids is 2. The van der Waals surface area contributed by atoms with Crippen LogP contribution >= 0.6 is 0 Å². The van der Waals surface area contributed by atoms with E-state index in [9.17, 15) is 9.59 Å². The predicted molar refractivity (Wildman–Crippen MR) is 66.4 cm³/mol. The lowest BCUT2D eigenvalue weighted by Crippen LogP contribution is -2.54. The highest BCUT2D eigenvalue weighted by Crippen LogP contribution is 2.35. The van der Waals surface area contributed by atoms with Crippen molar-refractivity contribution in [2.45, 2.75) is 46.1 Å². The van der Waals surface area contributed by atoms with Gasteiger partial charge in [0.2, 0.25) is 0 Å². The molecule has 0 aromatic heterocycles. The van der Waals surface area contributed by atoms with E-state index in [1.54, 1.807) is 6.92 Å². The van der Waals surface area contributed by atoms with Crippen LogP contribution < -0.4 is 11.1 Å². The average Bonchev–Trinajstić information content (AvgIpc) is 2.42. The van der Waals surface area contributed by atoms with Gasteiger partial charge in [0, 0.05) is 6.54 Å². The van der Waals surface area contributed by atoms with Crippen molar-refractivity contribution in [2.24, 2.45) is 11.1 Å². The first-order valence-electron chi connectivity index (χ1n) is 6.08. The molecule has 1 fully saturated rings. The van der Waals surface area contributed by atoms with Crippen molar-refractivity contribution >= 4 is 11.9 Å². The Kier molecular flexibility index (Phi) is 3.81. The van der Waals surface area contributed by atoms with Crippen molar-refractivity contribution in [1.29, 1.82) is 0 Å². The van der Waals surface area contributed by atoms with Crippen LogP contribution in [0.15, 0.2) is 0 Å². The van der Waals surface area contributed by atoms with E-state index in [-0.39, 0.29) is 17.4 Å². The van der Waals surface area contributed by atoms with Gasteiger partial charge in [-0.15, -0.1) is 0 Å². The summed E-state index contributed by atoms with van der Waals surface area (Å²) < 4.78 is 0. The minimum absolute atomic E-state index is 0.132. The van der Waals surface area contributed by atoms with Crippen molar-refractivity contribution in [3.8, 4) is 0 Å². The van der Waals surface area contributed by atoms with Crippen molar-refractivity contribution in [3.63, 3.8) is 0 Å². The van der Waals surface area contributed by atoms with Crippen LogP contribution in [0.25, 0.3) is 0 Å². The van der Waals surface area contributed by atoms with Gasteiger partial charge in [-0.05, 0) is 31.7 Å². The van der Waals surface area contributed by atoms with E-state index in [0.29, 0.717) is 13.1 Å². The molecule has 1 atom stereocenters. The standard InChI is InChI=1S/C12H23N3O2/c1-11(2,3)12(4)9(16)15(10(17)14-12)8-6-5-7-13/h5-8,13H2,1-4H3,(H,14,17). The molecule has 0 aromatic carbocycles. The molecule has 0 aromatic rings. The Morgan fingerprint density at radius 3 is 2.29 bits per heavy atom. The number of amides is 3. The van der Waals surface area contributed by atoms with Crippen molar-refractivity contribution in [3.05, 3.63) is 0 Å². The molecule has 1 heterocycles. The highest BCUT2D eigenvalue weighted by atomic mass is 16.2. The Morgan fingerprint density at radius 1 is 1.29 bits per heavy atom. The van der Waals surface area contributed by atoms with Crippen LogP contribution in [-0.4, -0.2) is 35.5 Å². The van der Waals surface area contributed by atoms with E-state index in [0.717, 1.165) is 12.8 Å². The zero-order valence-electron chi connectivity index (χ0n) is 11.2. The van der Waals surface area contributed by atoms with E-state index in [2.05, 4.69) is 5.32 Å². The second kappa shape index (κ2) is 4.64. The second-order valence-electron chi connectivity index (χ2n) is 5.76. The molecule has 3 amide bonds. The Balaban J connectivity index is 2.79. The maximum absolute atomic E-state index is 12.3. The number of urea groups is 1. The number of unbranched alkanes of at least 4 members (excludes halogenated alkanes) is 1. The summed E-state index contributed by atoms with van der Waals surface area (Å²) in [6.07, 6.45) is 1.58. The van der Waals surface area contributed by atoms with E-state index < -0.39 is 5.54 Å². The largest absolute Gasteiger partial charge is 0.330 e. The third kappa shape index (κ3) is 2.44. The predicted octanol–water partition coefficient (Wildman–Crippen LogP) is 1.08. The Hall–Kier alpha value is -1.10. The summed E-state index contributed by atoms with van der Waals surface area (Å²) in [5.74, 6) is -0.132. The van der Waals surface area contributed by atoms with Crippen LogP contribution in [0.1, 0.15) is 40.5 Å². The fraction of sp³-hybridized carbons (Fsp3) is 0.833. The van der Waals surface area contributed by atoms with Crippen molar-refractivity contribution in [2.75, 3.05) is 13.1 Å². The molecule has 1 unspecified atom stereocenters. The monoisotopic (exact) mass is 241 g/mol. The molecule has 3 N–H and O–H groups in total. The van der Waals surface area contributed by atoms with Gasteiger partial charge in [-0.25, -0.2) is 4.79 Å². The first-order chi connectivity index (χ1) is 7.74. The van der Waals surface area contributed by atoms with Crippen LogP contribution in [0.5, 0.6) is 0 Å². The van der Waals surface area contributed by atoms with Gasteiger partial charge >= 0.3 is 6.03 Å². The fourth-order valence-corrected chi connectivity index (χ4v) is 1.82. The van der Waals surface area contributed by atoms with Crippen molar-refractivity contribution < 1.29 is 9.59 Å². The number of hydrogen-bond donors (Lipinski definition) is 2. The molecule has 1 aliphatic rings. The second-order valence-corrected chi connectivity index (χ2v) is 5.76. The highest BCUT2D eigenvalue weighted by Gasteiger charge is 2.54. The summed E-state index contributed by atoms with van der Waals surface area (Å²) in [7, 11) is 0. The molecule has 98 valence electrons. The number of nitrogens with one attached hydrogen (secondary N) is 1. The fourth-order valence-electron chi connectivity index (χ4n) is 1.82. The lowest BCUT2D eigenvalue weighted by molar-refractivity contribution is -0.134. The lowest BCUT2D eigenvalue weighted by atomic mass is 9.75. The number of rotatable bonds is 4. The molecule has 0 aliphatic carbocycles. The molecule has 17 heavy (non-hydrogen) atoms. The van der Waals surface area contributed by atoms with Crippen LogP contribution in [-0.2, 0) is 4.79 Å². The van der Waals surface area contributed by atoms with Gasteiger partial charge in [-0.3, -0.25) is 9.69 Å². The van der Waals surface area contributed by atoms with Gasteiger partial charge in [0.05, 0.1) is 0 Å². The van der Waals surface area contributed by atoms with Crippen LogP contribution in [0.3, 0.4) is 0 Å².